The van der Waals surface area contributed by atoms with Crippen molar-refractivity contribution in [2.45, 2.75) is 18.5 Å². The molecule has 0 bridgehead atoms. The average Bonchev–Trinajstić information content (AvgIpc) is 3.30. The van der Waals surface area contributed by atoms with Crippen LogP contribution in [-0.4, -0.2) is 41.0 Å². The van der Waals surface area contributed by atoms with E-state index < -0.39 is 17.8 Å². The van der Waals surface area contributed by atoms with Gasteiger partial charge in [-0.15, -0.1) is 0 Å². The maximum absolute atomic E-state index is 13.4. The zero-order valence-electron chi connectivity index (χ0n) is 14.4. The number of anilines is 1. The zero-order valence-corrected chi connectivity index (χ0v) is 14.4. The molecule has 138 valence electrons. The summed E-state index contributed by atoms with van der Waals surface area (Å²) < 4.78 is 26.6. The number of hydrogen-bond acceptors (Lipinski definition) is 4. The van der Waals surface area contributed by atoms with E-state index in [0.29, 0.717) is 12.2 Å². The Balaban J connectivity index is 1.57. The molecule has 3 atom stereocenters. The molecule has 0 saturated carbocycles. The summed E-state index contributed by atoms with van der Waals surface area (Å²) in [5, 5.41) is 4.04. The van der Waals surface area contributed by atoms with Gasteiger partial charge in [-0.05, 0) is 48.4 Å². The molecule has 5 nitrogen and oxygen atoms in total. The Hall–Kier alpha value is -2.64. The maximum Gasteiger partial charge on any atom is 0.253 e. The lowest BCUT2D eigenvalue weighted by molar-refractivity contribution is -0.126. The van der Waals surface area contributed by atoms with Gasteiger partial charge in [-0.1, -0.05) is 12.1 Å². The molecule has 2 amide bonds. The third kappa shape index (κ3) is 2.35. The van der Waals surface area contributed by atoms with Crippen molar-refractivity contribution in [2.24, 2.45) is 5.92 Å². The second kappa shape index (κ2) is 5.94. The van der Waals surface area contributed by atoms with E-state index in [9.17, 15) is 18.4 Å². The van der Waals surface area contributed by atoms with Gasteiger partial charge in [0.05, 0.1) is 17.6 Å². The molecule has 7 heteroatoms. The van der Waals surface area contributed by atoms with Crippen molar-refractivity contribution in [3.8, 4) is 0 Å². The number of benzene rings is 2. The van der Waals surface area contributed by atoms with Gasteiger partial charge in [0.2, 0.25) is 5.91 Å². The molecule has 27 heavy (non-hydrogen) atoms. The van der Waals surface area contributed by atoms with Crippen LogP contribution in [0, 0.1) is 17.6 Å². The molecule has 0 aromatic heterocycles. The first-order chi connectivity index (χ1) is 13.1. The summed E-state index contributed by atoms with van der Waals surface area (Å²) in [6, 6.07) is 10.6. The van der Waals surface area contributed by atoms with Gasteiger partial charge in [-0.2, -0.15) is 0 Å². The van der Waals surface area contributed by atoms with Crippen LogP contribution in [0.25, 0.3) is 0 Å². The Morgan fingerprint density at radius 3 is 1.93 bits per heavy atom. The molecule has 3 aliphatic heterocycles. The smallest absolute Gasteiger partial charge is 0.253 e. The molecule has 0 radical (unpaired) electrons. The van der Waals surface area contributed by atoms with Crippen LogP contribution in [-0.2, 0) is 9.59 Å². The summed E-state index contributed by atoms with van der Waals surface area (Å²) in [6.45, 7) is 1.46. The third-order valence-electron chi connectivity index (χ3n) is 5.70. The fourth-order valence-electron chi connectivity index (χ4n) is 4.62. The Morgan fingerprint density at radius 1 is 0.741 bits per heavy atom. The highest BCUT2D eigenvalue weighted by Crippen LogP contribution is 2.48. The van der Waals surface area contributed by atoms with Crippen molar-refractivity contribution in [3.63, 3.8) is 0 Å². The Kier molecular flexibility index (Phi) is 3.63. The van der Waals surface area contributed by atoms with Crippen molar-refractivity contribution in [1.82, 2.24) is 10.0 Å². The minimum atomic E-state index is -0.569. The summed E-state index contributed by atoms with van der Waals surface area (Å²) in [7, 11) is 0. The number of imide groups is 1. The van der Waals surface area contributed by atoms with Crippen LogP contribution in [0.2, 0.25) is 0 Å². The normalized spacial score (nSPS) is 28.1. The highest BCUT2D eigenvalue weighted by atomic mass is 19.1. The Labute approximate surface area is 154 Å². The van der Waals surface area contributed by atoms with E-state index in [2.05, 4.69) is 5.01 Å². The van der Waals surface area contributed by atoms with Crippen LogP contribution in [0.15, 0.2) is 48.5 Å². The summed E-state index contributed by atoms with van der Waals surface area (Å²) in [6.07, 6.45) is 0.902. The Morgan fingerprint density at radius 2 is 1.30 bits per heavy atom. The van der Waals surface area contributed by atoms with E-state index in [0.717, 1.165) is 18.5 Å². The van der Waals surface area contributed by atoms with Crippen molar-refractivity contribution >= 4 is 17.5 Å². The van der Waals surface area contributed by atoms with Crippen LogP contribution < -0.4 is 4.90 Å². The first-order valence-electron chi connectivity index (χ1n) is 8.98. The molecule has 3 heterocycles. The van der Waals surface area contributed by atoms with Crippen LogP contribution in [0.5, 0.6) is 0 Å². The largest absolute Gasteiger partial charge is 0.274 e. The van der Waals surface area contributed by atoms with Crippen LogP contribution in [0.4, 0.5) is 14.5 Å². The van der Waals surface area contributed by atoms with Gasteiger partial charge in [0, 0.05) is 13.1 Å². The maximum atomic E-state index is 13.4. The number of carbonyl (C=O) groups is 2. The lowest BCUT2D eigenvalue weighted by Gasteiger charge is -2.29. The topological polar surface area (TPSA) is 43.9 Å². The highest BCUT2D eigenvalue weighted by molar-refractivity contribution is 6.24. The molecule has 3 fully saturated rings. The van der Waals surface area contributed by atoms with E-state index >= 15 is 0 Å². The number of hydrogen-bond donors (Lipinski definition) is 0. The fourth-order valence-corrected chi connectivity index (χ4v) is 4.62. The monoisotopic (exact) mass is 369 g/mol. The van der Waals surface area contributed by atoms with Crippen LogP contribution in [0.1, 0.15) is 18.0 Å². The van der Waals surface area contributed by atoms with Crippen LogP contribution >= 0.6 is 0 Å². The first-order valence-corrected chi connectivity index (χ1v) is 8.98. The van der Waals surface area contributed by atoms with Crippen molar-refractivity contribution in [3.05, 3.63) is 65.7 Å². The zero-order chi connectivity index (χ0) is 18.7. The third-order valence-corrected chi connectivity index (χ3v) is 5.70. The number of halogens is 2. The van der Waals surface area contributed by atoms with Crippen molar-refractivity contribution < 1.29 is 18.4 Å². The summed E-state index contributed by atoms with van der Waals surface area (Å²) >= 11 is 0. The second-order valence-electron chi connectivity index (χ2n) is 7.14. The summed E-state index contributed by atoms with van der Waals surface area (Å²) in [5.41, 5.74) is 1.20. The van der Waals surface area contributed by atoms with Gasteiger partial charge in [0.1, 0.15) is 17.7 Å². The van der Waals surface area contributed by atoms with E-state index in [1.54, 1.807) is 12.1 Å². The molecule has 2 aromatic rings. The second-order valence-corrected chi connectivity index (χ2v) is 7.14. The lowest BCUT2D eigenvalue weighted by atomic mass is 9.90. The molecule has 3 aliphatic rings. The van der Waals surface area contributed by atoms with Gasteiger partial charge >= 0.3 is 0 Å². The number of nitrogens with zero attached hydrogens (tertiary/aromatic N) is 3. The molecular formula is C20H17F2N3O2. The van der Waals surface area contributed by atoms with Crippen molar-refractivity contribution in [1.29, 1.82) is 0 Å². The quantitative estimate of drug-likeness (QED) is 0.763. The number of amides is 2. The van der Waals surface area contributed by atoms with E-state index in [-0.39, 0.29) is 23.7 Å². The average molecular weight is 369 g/mol. The highest BCUT2D eigenvalue weighted by Gasteiger charge is 2.62. The predicted octanol–water partition coefficient (Wildman–Crippen LogP) is 2.50. The van der Waals surface area contributed by atoms with Gasteiger partial charge in [-0.3, -0.25) is 9.59 Å². The number of carbonyl (C=O) groups excluding carboxylic acids is 2. The molecule has 0 unspecified atom stereocenters. The van der Waals surface area contributed by atoms with E-state index in [4.69, 9.17) is 0 Å². The van der Waals surface area contributed by atoms with Gasteiger partial charge in [-0.25, -0.2) is 23.7 Å². The van der Waals surface area contributed by atoms with Gasteiger partial charge < -0.3 is 0 Å². The van der Waals surface area contributed by atoms with Gasteiger partial charge in [0.25, 0.3) is 5.91 Å². The lowest BCUT2D eigenvalue weighted by Crippen LogP contribution is -2.44. The standard InChI is InChI=1S/C20H17F2N3O2/c21-13-4-2-12(3-5-13)17-16-18(24-11-1-10-23(17)24)20(27)25(19(16)26)15-8-6-14(22)7-9-15/h2-9,16-18H,1,10-11H2/t16-,17-,18-/m0/s1. The number of fused-ring (bicyclic) bond motifs is 3. The number of hydrazine groups is 1. The molecule has 2 aromatic carbocycles. The molecular weight excluding hydrogens is 352 g/mol. The molecule has 0 N–H and O–H groups in total. The predicted molar refractivity (Wildman–Crippen MR) is 93.3 cm³/mol. The SMILES string of the molecule is O=C1[C@@H]2[C@@H](C(=O)N1c1ccc(F)cc1)N1CCCN1[C@H]2c1ccc(F)cc1. The summed E-state index contributed by atoms with van der Waals surface area (Å²) in [5.74, 6) is -1.90. The van der Waals surface area contributed by atoms with Crippen molar-refractivity contribution in [2.75, 3.05) is 18.0 Å². The minimum absolute atomic E-state index is 0.284. The Bertz CT molecular complexity index is 916. The van der Waals surface area contributed by atoms with Crippen LogP contribution in [0.3, 0.4) is 0 Å². The summed E-state index contributed by atoms with van der Waals surface area (Å²) in [4.78, 5) is 27.6. The molecule has 3 saturated heterocycles. The van der Waals surface area contributed by atoms with E-state index in [1.165, 1.54) is 41.3 Å². The van der Waals surface area contributed by atoms with Gasteiger partial charge in [0.15, 0.2) is 0 Å². The minimum Gasteiger partial charge on any atom is -0.274 e. The fraction of sp³-hybridized carbons (Fsp3) is 0.300. The molecule has 0 aliphatic carbocycles. The molecule has 5 rings (SSSR count). The first kappa shape index (κ1) is 16.5. The number of rotatable bonds is 2. The van der Waals surface area contributed by atoms with E-state index in [1.807, 2.05) is 5.01 Å². The molecule has 0 spiro atoms.